The second kappa shape index (κ2) is 13.9. The lowest BCUT2D eigenvalue weighted by atomic mass is 10.2. The fourth-order valence-electron chi connectivity index (χ4n) is 2.68. The van der Waals surface area contributed by atoms with E-state index < -0.39 is 24.5 Å². The molecule has 0 aliphatic heterocycles. The summed E-state index contributed by atoms with van der Waals surface area (Å²) in [7, 11) is 0. The van der Waals surface area contributed by atoms with Crippen molar-refractivity contribution < 1.29 is 28.7 Å². The topological polar surface area (TPSA) is 111 Å². The quantitative estimate of drug-likeness (QED) is 0.344. The van der Waals surface area contributed by atoms with Crippen molar-refractivity contribution in [2.75, 3.05) is 23.8 Å². The Bertz CT molecular complexity index is 962. The Morgan fingerprint density at radius 1 is 0.848 bits per heavy atom. The largest absolute Gasteiger partial charge is 0.462 e. The van der Waals surface area contributed by atoms with Crippen LogP contribution in [0.4, 0.5) is 11.4 Å². The first-order valence-electron chi connectivity index (χ1n) is 10.7. The summed E-state index contributed by atoms with van der Waals surface area (Å²) in [5.74, 6) is -1.76. The normalized spacial score (nSPS) is 10.2. The monoisotopic (exact) mass is 474 g/mol. The molecule has 0 aliphatic carbocycles. The minimum atomic E-state index is -0.578. The van der Waals surface area contributed by atoms with Crippen molar-refractivity contribution in [1.29, 1.82) is 0 Å². The first-order chi connectivity index (χ1) is 15.9. The highest BCUT2D eigenvalue weighted by Crippen LogP contribution is 2.15. The molecule has 0 radical (unpaired) electrons. The predicted octanol–water partition coefficient (Wildman–Crippen LogP) is 4.59. The number of benzene rings is 2. The number of carbonyl (C=O) groups excluding carboxylic acids is 4. The second-order valence-corrected chi connectivity index (χ2v) is 7.62. The van der Waals surface area contributed by atoms with Crippen LogP contribution < -0.4 is 10.6 Å². The maximum Gasteiger partial charge on any atom is 0.338 e. The number of unbranched alkanes of at least 4 members (excludes halogenated alkanes) is 1. The van der Waals surface area contributed by atoms with Crippen molar-refractivity contribution in [1.82, 2.24) is 0 Å². The molecule has 2 amide bonds. The van der Waals surface area contributed by atoms with E-state index in [2.05, 4.69) is 10.6 Å². The molecule has 2 N–H and O–H groups in total. The number of esters is 2. The summed E-state index contributed by atoms with van der Waals surface area (Å²) in [6.45, 7) is 1.92. The van der Waals surface area contributed by atoms with Crippen molar-refractivity contribution in [2.45, 2.75) is 39.0 Å². The average Bonchev–Trinajstić information content (AvgIpc) is 2.78. The van der Waals surface area contributed by atoms with Gasteiger partial charge >= 0.3 is 11.9 Å². The Hall–Kier alpha value is -3.39. The highest BCUT2D eigenvalue weighted by atomic mass is 35.5. The molecule has 9 heteroatoms. The second-order valence-electron chi connectivity index (χ2n) is 7.19. The molecule has 0 bridgehead atoms. The van der Waals surface area contributed by atoms with Gasteiger partial charge in [0, 0.05) is 29.2 Å². The maximum atomic E-state index is 12.0. The van der Waals surface area contributed by atoms with E-state index in [4.69, 9.17) is 21.1 Å². The van der Waals surface area contributed by atoms with Crippen molar-refractivity contribution >= 4 is 46.7 Å². The molecule has 0 aromatic heterocycles. The van der Waals surface area contributed by atoms with Gasteiger partial charge in [-0.05, 0) is 55.3 Å². The van der Waals surface area contributed by atoms with Gasteiger partial charge in [-0.1, -0.05) is 31.0 Å². The van der Waals surface area contributed by atoms with E-state index in [0.717, 1.165) is 12.8 Å². The van der Waals surface area contributed by atoms with Crippen molar-refractivity contribution in [3.05, 3.63) is 59.1 Å². The highest BCUT2D eigenvalue weighted by molar-refractivity contribution is 6.30. The van der Waals surface area contributed by atoms with Gasteiger partial charge in [-0.2, -0.15) is 0 Å². The Balaban J connectivity index is 1.64. The van der Waals surface area contributed by atoms with Gasteiger partial charge in [0.2, 0.25) is 5.91 Å². The van der Waals surface area contributed by atoms with Crippen molar-refractivity contribution in [3.8, 4) is 0 Å². The molecule has 2 aromatic carbocycles. The first-order valence-corrected chi connectivity index (χ1v) is 11.0. The molecule has 0 fully saturated rings. The third-order valence-electron chi connectivity index (χ3n) is 4.39. The Morgan fingerprint density at radius 2 is 1.58 bits per heavy atom. The van der Waals surface area contributed by atoms with E-state index in [0.29, 0.717) is 28.6 Å². The lowest BCUT2D eigenvalue weighted by Crippen LogP contribution is -2.21. The smallest absolute Gasteiger partial charge is 0.338 e. The molecule has 2 rings (SSSR count). The zero-order chi connectivity index (χ0) is 24.1. The van der Waals surface area contributed by atoms with Gasteiger partial charge in [0.25, 0.3) is 5.91 Å². The van der Waals surface area contributed by atoms with E-state index >= 15 is 0 Å². The highest BCUT2D eigenvalue weighted by Gasteiger charge is 2.11. The average molecular weight is 475 g/mol. The fraction of sp³-hybridized carbons (Fsp3) is 0.333. The molecular weight excluding hydrogens is 448 g/mol. The van der Waals surface area contributed by atoms with Crippen LogP contribution in [0.15, 0.2) is 48.5 Å². The third kappa shape index (κ3) is 10.2. The number of nitrogens with one attached hydrogen (secondary N) is 2. The molecule has 0 spiro atoms. The number of ether oxygens (including phenoxy) is 2. The Kier molecular flexibility index (Phi) is 10.9. The number of hydrogen-bond acceptors (Lipinski definition) is 6. The molecule has 33 heavy (non-hydrogen) atoms. The third-order valence-corrected chi connectivity index (χ3v) is 4.63. The van der Waals surface area contributed by atoms with Crippen LogP contribution in [-0.4, -0.2) is 37.0 Å². The lowest BCUT2D eigenvalue weighted by Gasteiger charge is -2.08. The van der Waals surface area contributed by atoms with Crippen LogP contribution in [0.3, 0.4) is 0 Å². The summed E-state index contributed by atoms with van der Waals surface area (Å²) in [6, 6.07) is 13.0. The molecule has 2 aromatic rings. The first kappa shape index (κ1) is 25.9. The van der Waals surface area contributed by atoms with Crippen LogP contribution in [0.5, 0.6) is 0 Å². The molecule has 0 atom stereocenters. The van der Waals surface area contributed by atoms with Gasteiger partial charge < -0.3 is 20.1 Å². The molecular formula is C24H27ClN2O6. The molecule has 176 valence electrons. The summed E-state index contributed by atoms with van der Waals surface area (Å²) in [5, 5.41) is 5.78. The Labute approximate surface area is 197 Å². The summed E-state index contributed by atoms with van der Waals surface area (Å²) >= 11 is 5.86. The molecule has 0 aliphatic rings. The van der Waals surface area contributed by atoms with E-state index in [1.807, 2.05) is 6.92 Å². The number of amides is 2. The summed E-state index contributed by atoms with van der Waals surface area (Å²) in [4.78, 5) is 47.6. The van der Waals surface area contributed by atoms with Crippen LogP contribution in [0.25, 0.3) is 0 Å². The van der Waals surface area contributed by atoms with E-state index in [1.165, 1.54) is 0 Å². The summed E-state index contributed by atoms with van der Waals surface area (Å²) in [6.07, 6.45) is 2.14. The van der Waals surface area contributed by atoms with Crippen LogP contribution in [0, 0.1) is 0 Å². The zero-order valence-electron chi connectivity index (χ0n) is 18.4. The van der Waals surface area contributed by atoms with Crippen molar-refractivity contribution in [3.63, 3.8) is 0 Å². The lowest BCUT2D eigenvalue weighted by molar-refractivity contribution is -0.147. The number of anilines is 2. The molecule has 0 saturated heterocycles. The van der Waals surface area contributed by atoms with Gasteiger partial charge in [-0.25, -0.2) is 4.79 Å². The minimum absolute atomic E-state index is 0.00505. The van der Waals surface area contributed by atoms with Crippen LogP contribution in [0.2, 0.25) is 5.02 Å². The van der Waals surface area contributed by atoms with Gasteiger partial charge in [-0.15, -0.1) is 0 Å². The van der Waals surface area contributed by atoms with Gasteiger partial charge in [-0.3, -0.25) is 14.4 Å². The molecule has 8 nitrogen and oxygen atoms in total. The van der Waals surface area contributed by atoms with Gasteiger partial charge in [0.05, 0.1) is 12.2 Å². The maximum absolute atomic E-state index is 12.0. The van der Waals surface area contributed by atoms with Crippen LogP contribution >= 0.6 is 11.6 Å². The fourth-order valence-corrected chi connectivity index (χ4v) is 2.87. The number of hydrogen-bond donors (Lipinski definition) is 2. The van der Waals surface area contributed by atoms with Gasteiger partial charge in [0.1, 0.15) is 0 Å². The SMILES string of the molecule is CCCCOC(=O)c1ccc(NC(=O)COC(=O)CCCC(=O)Nc2cccc(Cl)c2)cc1. The van der Waals surface area contributed by atoms with E-state index in [9.17, 15) is 19.2 Å². The number of carbonyl (C=O) groups is 4. The van der Waals surface area contributed by atoms with Crippen LogP contribution in [0.1, 0.15) is 49.4 Å². The van der Waals surface area contributed by atoms with Crippen molar-refractivity contribution in [2.24, 2.45) is 0 Å². The molecule has 0 saturated carbocycles. The summed E-state index contributed by atoms with van der Waals surface area (Å²) in [5.41, 5.74) is 1.42. The number of rotatable bonds is 12. The zero-order valence-corrected chi connectivity index (χ0v) is 19.2. The van der Waals surface area contributed by atoms with Gasteiger partial charge in [0.15, 0.2) is 6.61 Å². The molecule has 0 heterocycles. The van der Waals surface area contributed by atoms with E-state index in [-0.39, 0.29) is 25.2 Å². The number of halogens is 1. The summed E-state index contributed by atoms with van der Waals surface area (Å²) < 4.78 is 10.1. The minimum Gasteiger partial charge on any atom is -0.462 e. The van der Waals surface area contributed by atoms with E-state index in [1.54, 1.807) is 48.5 Å². The van der Waals surface area contributed by atoms with Crippen LogP contribution in [-0.2, 0) is 23.9 Å². The molecule has 0 unspecified atom stereocenters. The predicted molar refractivity (Wildman–Crippen MR) is 125 cm³/mol. The Morgan fingerprint density at radius 3 is 2.27 bits per heavy atom. The standard InChI is InChI=1S/C24H27ClN2O6/c1-2-3-14-32-24(31)17-10-12-19(13-11-17)26-22(29)16-33-23(30)9-5-8-21(28)27-20-7-4-6-18(25)15-20/h4,6-7,10-13,15H,2-3,5,8-9,14,16H2,1H3,(H,26,29)(H,27,28).